The Bertz CT molecular complexity index is 893. The molecule has 1 fully saturated rings. The first-order valence-electron chi connectivity index (χ1n) is 10.6. The molecule has 6 heteroatoms. The van der Waals surface area contributed by atoms with Crippen LogP contribution in [0.2, 0.25) is 0 Å². The third kappa shape index (κ3) is 4.22. The first-order chi connectivity index (χ1) is 13.8. The van der Waals surface area contributed by atoms with Gasteiger partial charge in [-0.05, 0) is 62.3 Å². The summed E-state index contributed by atoms with van der Waals surface area (Å²) >= 11 is 0. The van der Waals surface area contributed by atoms with Gasteiger partial charge in [-0.1, -0.05) is 32.3 Å². The molecule has 1 saturated heterocycles. The zero-order chi connectivity index (χ0) is 21.2. The monoisotopic (exact) mass is 401 g/mol. The van der Waals surface area contributed by atoms with Gasteiger partial charge in [-0.2, -0.15) is 0 Å². The zero-order valence-corrected chi connectivity index (χ0v) is 17.7. The minimum absolute atomic E-state index is 0.0481. The molecule has 1 aromatic carbocycles. The van der Waals surface area contributed by atoms with E-state index in [1.165, 1.54) is 6.07 Å². The lowest BCUT2D eigenvalue weighted by Crippen LogP contribution is -2.57. The van der Waals surface area contributed by atoms with Gasteiger partial charge in [0.15, 0.2) is 0 Å². The van der Waals surface area contributed by atoms with Gasteiger partial charge in [0, 0.05) is 18.5 Å². The first kappa shape index (κ1) is 21.5. The molecule has 1 aliphatic rings. The summed E-state index contributed by atoms with van der Waals surface area (Å²) in [7, 11) is 0. The Morgan fingerprint density at radius 3 is 2.59 bits per heavy atom. The van der Waals surface area contributed by atoms with Gasteiger partial charge in [0.05, 0.1) is 5.52 Å². The van der Waals surface area contributed by atoms with Crippen LogP contribution in [0.15, 0.2) is 18.2 Å². The van der Waals surface area contributed by atoms with Crippen molar-refractivity contribution >= 4 is 22.7 Å². The molecular formula is C23H32FN3O2. The number of carboxylic acids is 1. The maximum atomic E-state index is 14.2. The lowest BCUT2D eigenvalue weighted by Gasteiger charge is -2.40. The molecule has 29 heavy (non-hydrogen) atoms. The van der Waals surface area contributed by atoms with Crippen LogP contribution in [0.4, 0.5) is 10.2 Å². The summed E-state index contributed by atoms with van der Waals surface area (Å²) in [5.74, 6) is -0.340. The number of fused-ring (bicyclic) bond motifs is 1. The molecule has 1 atom stereocenters. The fourth-order valence-corrected chi connectivity index (χ4v) is 4.53. The maximum absolute atomic E-state index is 14.2. The van der Waals surface area contributed by atoms with Gasteiger partial charge < -0.3 is 15.7 Å². The molecule has 5 nitrogen and oxygen atoms in total. The molecule has 2 heterocycles. The number of anilines is 1. The van der Waals surface area contributed by atoms with E-state index in [1.807, 2.05) is 19.9 Å². The fourth-order valence-electron chi connectivity index (χ4n) is 4.53. The average molecular weight is 402 g/mol. The highest BCUT2D eigenvalue weighted by atomic mass is 19.1. The fraction of sp³-hybridized carbons (Fsp3) is 0.565. The van der Waals surface area contributed by atoms with E-state index in [1.54, 1.807) is 6.07 Å². The minimum Gasteiger partial charge on any atom is -0.480 e. The lowest BCUT2D eigenvalue weighted by atomic mass is 9.75. The van der Waals surface area contributed by atoms with Crippen LogP contribution in [-0.2, 0) is 4.79 Å². The molecule has 0 saturated carbocycles. The van der Waals surface area contributed by atoms with E-state index < -0.39 is 11.5 Å². The van der Waals surface area contributed by atoms with Crippen LogP contribution >= 0.6 is 0 Å². The van der Waals surface area contributed by atoms with Gasteiger partial charge in [0.1, 0.15) is 17.2 Å². The summed E-state index contributed by atoms with van der Waals surface area (Å²) in [6.07, 6.45) is 4.84. The topological polar surface area (TPSA) is 79.5 Å². The molecule has 2 aromatic rings. The number of aromatic nitrogens is 1. The second-order valence-electron chi connectivity index (χ2n) is 8.45. The molecule has 0 spiro atoms. The quantitative estimate of drug-likeness (QED) is 0.665. The Hall–Kier alpha value is -2.21. The third-order valence-corrected chi connectivity index (χ3v) is 6.41. The highest BCUT2D eigenvalue weighted by Crippen LogP contribution is 2.34. The number of pyridine rings is 1. The number of benzene rings is 1. The largest absolute Gasteiger partial charge is 0.480 e. The summed E-state index contributed by atoms with van der Waals surface area (Å²) in [5, 5.41) is 10.3. The number of aliphatic carboxylic acids is 1. The number of carbonyl (C=O) groups is 1. The second-order valence-corrected chi connectivity index (χ2v) is 8.45. The van der Waals surface area contributed by atoms with Gasteiger partial charge in [0.2, 0.25) is 0 Å². The Morgan fingerprint density at radius 1 is 1.28 bits per heavy atom. The minimum atomic E-state index is -1.16. The zero-order valence-electron chi connectivity index (χ0n) is 17.7. The molecule has 0 bridgehead atoms. The van der Waals surface area contributed by atoms with Crippen LogP contribution in [0.5, 0.6) is 0 Å². The van der Waals surface area contributed by atoms with Gasteiger partial charge in [-0.15, -0.1) is 0 Å². The predicted molar refractivity (Wildman–Crippen MR) is 115 cm³/mol. The van der Waals surface area contributed by atoms with E-state index in [0.717, 1.165) is 49.0 Å². The van der Waals surface area contributed by atoms with Crippen LogP contribution in [0, 0.1) is 25.6 Å². The number of piperidine rings is 1. The third-order valence-electron chi connectivity index (χ3n) is 6.41. The standard InChI is InChI=1S/C23H32FN3O2/c1-4-5-6-11-23(25,22(28)29)17-9-12-27(13-10-17)21-16(3)14-18-19(24)8-7-15(2)20(18)26-21/h7-8,14,17H,4-6,9-13,25H2,1-3H3,(H,28,29). The van der Waals surface area contributed by atoms with Gasteiger partial charge >= 0.3 is 5.97 Å². The molecule has 1 unspecified atom stereocenters. The maximum Gasteiger partial charge on any atom is 0.323 e. The van der Waals surface area contributed by atoms with Gasteiger partial charge in [-0.25, -0.2) is 9.37 Å². The van der Waals surface area contributed by atoms with Crippen molar-refractivity contribution in [2.75, 3.05) is 18.0 Å². The summed E-state index contributed by atoms with van der Waals surface area (Å²) in [4.78, 5) is 18.9. The normalized spacial score (nSPS) is 17.5. The van der Waals surface area contributed by atoms with Crippen LogP contribution in [0.1, 0.15) is 56.6 Å². The summed E-state index contributed by atoms with van der Waals surface area (Å²) in [6.45, 7) is 7.40. The number of nitrogens with zero attached hydrogens (tertiary/aromatic N) is 2. The van der Waals surface area contributed by atoms with E-state index in [4.69, 9.17) is 10.7 Å². The number of hydrogen-bond acceptors (Lipinski definition) is 4. The molecule has 3 N–H and O–H groups in total. The highest BCUT2D eigenvalue weighted by molar-refractivity contribution is 5.85. The second kappa shape index (κ2) is 8.66. The van der Waals surface area contributed by atoms with Crippen molar-refractivity contribution in [1.29, 1.82) is 0 Å². The number of aryl methyl sites for hydroxylation is 2. The average Bonchev–Trinajstić information content (AvgIpc) is 2.70. The summed E-state index contributed by atoms with van der Waals surface area (Å²) < 4.78 is 14.2. The molecule has 0 radical (unpaired) electrons. The van der Waals surface area contributed by atoms with Crippen molar-refractivity contribution in [3.05, 3.63) is 35.1 Å². The molecule has 158 valence electrons. The van der Waals surface area contributed by atoms with Crippen molar-refractivity contribution in [3.8, 4) is 0 Å². The Balaban J connectivity index is 1.79. The molecule has 0 amide bonds. The number of nitrogens with two attached hydrogens (primary N) is 1. The molecule has 3 rings (SSSR count). The Kier molecular flexibility index (Phi) is 6.42. The van der Waals surface area contributed by atoms with E-state index in [0.29, 0.717) is 30.4 Å². The van der Waals surface area contributed by atoms with E-state index >= 15 is 0 Å². The van der Waals surface area contributed by atoms with Crippen molar-refractivity contribution in [3.63, 3.8) is 0 Å². The number of hydrogen-bond donors (Lipinski definition) is 2. The molecule has 0 aliphatic carbocycles. The van der Waals surface area contributed by atoms with Crippen LogP contribution in [0.3, 0.4) is 0 Å². The first-order valence-corrected chi connectivity index (χ1v) is 10.6. The molecule has 1 aliphatic heterocycles. The van der Waals surface area contributed by atoms with Crippen molar-refractivity contribution in [1.82, 2.24) is 4.98 Å². The van der Waals surface area contributed by atoms with Crippen molar-refractivity contribution in [2.24, 2.45) is 11.7 Å². The molecular weight excluding hydrogens is 369 g/mol. The number of halogens is 1. The SMILES string of the molecule is CCCCCC(N)(C(=O)O)C1CCN(c2nc3c(C)ccc(F)c3cc2C)CC1. The van der Waals surface area contributed by atoms with Gasteiger partial charge in [-0.3, -0.25) is 4.79 Å². The molecule has 1 aromatic heterocycles. The number of carboxylic acid groups (broad SMARTS) is 1. The van der Waals surface area contributed by atoms with E-state index in [9.17, 15) is 14.3 Å². The number of rotatable bonds is 7. The smallest absolute Gasteiger partial charge is 0.323 e. The summed E-state index contributed by atoms with van der Waals surface area (Å²) in [6, 6.07) is 5.10. The van der Waals surface area contributed by atoms with Gasteiger partial charge in [0.25, 0.3) is 0 Å². The lowest BCUT2D eigenvalue weighted by molar-refractivity contribution is -0.146. The Labute approximate surface area is 172 Å². The Morgan fingerprint density at radius 2 is 1.97 bits per heavy atom. The highest BCUT2D eigenvalue weighted by Gasteiger charge is 2.43. The van der Waals surface area contributed by atoms with E-state index in [2.05, 4.69) is 11.8 Å². The van der Waals surface area contributed by atoms with E-state index in [-0.39, 0.29) is 11.7 Å². The van der Waals surface area contributed by atoms with Crippen molar-refractivity contribution in [2.45, 2.75) is 64.8 Å². The summed E-state index contributed by atoms with van der Waals surface area (Å²) in [5.41, 5.74) is 7.81. The van der Waals surface area contributed by atoms with Crippen LogP contribution in [-0.4, -0.2) is 34.7 Å². The number of unbranched alkanes of at least 4 members (excludes halogenated alkanes) is 2. The van der Waals surface area contributed by atoms with Crippen LogP contribution in [0.25, 0.3) is 10.9 Å². The predicted octanol–water partition coefficient (Wildman–Crippen LogP) is 4.57. The van der Waals surface area contributed by atoms with Crippen molar-refractivity contribution < 1.29 is 14.3 Å². The van der Waals surface area contributed by atoms with Crippen LogP contribution < -0.4 is 10.6 Å².